The number of fused-ring (bicyclic) bond motifs is 1. The van der Waals surface area contributed by atoms with Gasteiger partial charge in [-0.25, -0.2) is 4.68 Å². The number of carbonyl (C=O) groups excluding carboxylic acids is 1. The number of carbonyl (C=O) groups is 1. The van der Waals surface area contributed by atoms with Gasteiger partial charge in [0.1, 0.15) is 11.8 Å². The normalized spacial score (nSPS) is 14.9. The van der Waals surface area contributed by atoms with Gasteiger partial charge in [0.2, 0.25) is 11.1 Å². The van der Waals surface area contributed by atoms with Crippen molar-refractivity contribution in [2.45, 2.75) is 65.1 Å². The van der Waals surface area contributed by atoms with Crippen LogP contribution < -0.4 is 15.4 Å². The van der Waals surface area contributed by atoms with Gasteiger partial charge < -0.3 is 15.4 Å². The number of para-hydroxylation sites is 1. The maximum atomic E-state index is 13.9. The molecule has 0 radical (unpaired) electrons. The van der Waals surface area contributed by atoms with Crippen LogP contribution in [0.2, 0.25) is 0 Å². The zero-order valence-corrected chi connectivity index (χ0v) is 22.5. The molecule has 1 aromatic heterocycles. The lowest BCUT2D eigenvalue weighted by Gasteiger charge is -2.30. The van der Waals surface area contributed by atoms with Crippen LogP contribution in [-0.2, 0) is 4.79 Å². The molecule has 3 aromatic rings. The van der Waals surface area contributed by atoms with Crippen LogP contribution in [0, 0.1) is 13.8 Å². The Balaban J connectivity index is 1.79. The molecule has 0 fully saturated rings. The van der Waals surface area contributed by atoms with E-state index < -0.39 is 6.04 Å². The largest absolute Gasteiger partial charge is 0.493 e. The summed E-state index contributed by atoms with van der Waals surface area (Å²) in [5.41, 5.74) is 5.20. The van der Waals surface area contributed by atoms with Crippen LogP contribution in [-0.4, -0.2) is 33.0 Å². The fraction of sp³-hybridized carbons (Fsp3) is 0.393. The molecule has 0 bridgehead atoms. The molecule has 1 aliphatic heterocycles. The molecule has 1 amide bonds. The van der Waals surface area contributed by atoms with Crippen LogP contribution in [0.5, 0.6) is 5.75 Å². The summed E-state index contributed by atoms with van der Waals surface area (Å²) in [4.78, 5) is 18.6. The van der Waals surface area contributed by atoms with Crippen LogP contribution in [0.3, 0.4) is 0 Å². The third-order valence-electron chi connectivity index (χ3n) is 6.33. The Morgan fingerprint density at radius 2 is 1.92 bits per heavy atom. The number of benzene rings is 2. The number of nitrogens with zero attached hydrogens (tertiary/aromatic N) is 3. The highest BCUT2D eigenvalue weighted by Crippen LogP contribution is 2.40. The average Bonchev–Trinajstić information content (AvgIpc) is 3.27. The summed E-state index contributed by atoms with van der Waals surface area (Å²) in [5.74, 6) is 2.14. The number of allylic oxidation sites excluding steroid dienone is 1. The van der Waals surface area contributed by atoms with Crippen molar-refractivity contribution in [2.75, 3.05) is 23.0 Å². The van der Waals surface area contributed by atoms with E-state index in [1.165, 1.54) is 0 Å². The van der Waals surface area contributed by atoms with Gasteiger partial charge in [-0.2, -0.15) is 4.98 Å². The fourth-order valence-corrected chi connectivity index (χ4v) is 4.89. The molecule has 1 atom stereocenters. The smallest absolute Gasteiger partial charge is 0.255 e. The summed E-state index contributed by atoms with van der Waals surface area (Å²) in [6, 6.07) is 13.4. The Hall–Kier alpha value is -3.26. The molecule has 2 N–H and O–H groups in total. The third kappa shape index (κ3) is 5.43. The van der Waals surface area contributed by atoms with Gasteiger partial charge in [-0.15, -0.1) is 5.10 Å². The predicted octanol–water partition coefficient (Wildman–Crippen LogP) is 6.50. The van der Waals surface area contributed by atoms with Crippen LogP contribution in [0.1, 0.15) is 62.8 Å². The Bertz CT molecular complexity index is 1270. The van der Waals surface area contributed by atoms with Gasteiger partial charge in [0.15, 0.2) is 0 Å². The number of aryl methyl sites for hydroxylation is 1. The van der Waals surface area contributed by atoms with Gasteiger partial charge >= 0.3 is 0 Å². The molecule has 8 heteroatoms. The summed E-state index contributed by atoms with van der Waals surface area (Å²) in [6.45, 7) is 10.9. The highest BCUT2D eigenvalue weighted by molar-refractivity contribution is 7.99. The molecule has 0 saturated carbocycles. The number of hydrogen-bond acceptors (Lipinski definition) is 6. The first-order chi connectivity index (χ1) is 17.4. The molecule has 2 heterocycles. The summed E-state index contributed by atoms with van der Waals surface area (Å²) in [7, 11) is 0. The Labute approximate surface area is 217 Å². The van der Waals surface area contributed by atoms with Gasteiger partial charge in [0.25, 0.3) is 5.91 Å². The lowest BCUT2D eigenvalue weighted by atomic mass is 9.94. The van der Waals surface area contributed by atoms with E-state index in [1.807, 2.05) is 67.9 Å². The number of nitrogens with one attached hydrogen (secondary N) is 2. The number of aromatic nitrogens is 3. The minimum Gasteiger partial charge on any atom is -0.493 e. The molecule has 7 nitrogen and oxygen atoms in total. The third-order valence-corrected chi connectivity index (χ3v) is 7.38. The Morgan fingerprint density at radius 3 is 2.69 bits per heavy atom. The minimum absolute atomic E-state index is 0.175. The number of thioether (sulfide) groups is 1. The zero-order chi connectivity index (χ0) is 25.7. The van der Waals surface area contributed by atoms with E-state index in [4.69, 9.17) is 14.8 Å². The number of unbranched alkanes of at least 4 members (excludes halogenated alkanes) is 1. The molecule has 0 spiro atoms. The summed E-state index contributed by atoms with van der Waals surface area (Å²) < 4.78 is 8.02. The molecule has 1 aliphatic rings. The first kappa shape index (κ1) is 25.8. The van der Waals surface area contributed by atoms with Crippen LogP contribution in [0.25, 0.3) is 0 Å². The van der Waals surface area contributed by atoms with E-state index >= 15 is 0 Å². The highest BCUT2D eigenvalue weighted by Gasteiger charge is 2.36. The first-order valence-electron chi connectivity index (χ1n) is 12.6. The van der Waals surface area contributed by atoms with Crippen molar-refractivity contribution >= 4 is 29.3 Å². The van der Waals surface area contributed by atoms with E-state index in [9.17, 15) is 4.79 Å². The molecule has 190 valence electrons. The molecule has 1 unspecified atom stereocenters. The summed E-state index contributed by atoms with van der Waals surface area (Å²) >= 11 is 1.62. The number of amides is 1. The highest BCUT2D eigenvalue weighted by atomic mass is 32.2. The standard InChI is InChI=1S/C28H35N5O2S/c1-6-8-16-35-23-15-10-9-13-21(23)25-24(26(34)30-22-14-11-12-18(3)19(22)4)20(5)29-27-31-28(32-33(25)27)36-17-7-2/h9-15,25H,6-8,16-17H2,1-5H3,(H,30,34)(H,29,31,32). The first-order valence-corrected chi connectivity index (χ1v) is 13.6. The van der Waals surface area contributed by atoms with Crippen molar-refractivity contribution in [1.29, 1.82) is 0 Å². The second-order valence-corrected chi connectivity index (χ2v) is 10.1. The second kappa shape index (κ2) is 11.6. The molecule has 2 aromatic carbocycles. The lowest BCUT2D eigenvalue weighted by molar-refractivity contribution is -0.113. The SMILES string of the molecule is CCCCOc1ccccc1C1C(C(=O)Nc2cccc(C)c2C)=C(C)Nc2nc(SCCC)nn21. The van der Waals surface area contributed by atoms with Gasteiger partial charge in [-0.3, -0.25) is 4.79 Å². The van der Waals surface area contributed by atoms with Gasteiger partial charge in [-0.1, -0.05) is 62.4 Å². The minimum atomic E-state index is -0.479. The van der Waals surface area contributed by atoms with Crippen molar-refractivity contribution in [3.63, 3.8) is 0 Å². The van der Waals surface area contributed by atoms with Crippen molar-refractivity contribution in [1.82, 2.24) is 14.8 Å². The van der Waals surface area contributed by atoms with E-state index in [0.717, 1.165) is 58.8 Å². The molecular weight excluding hydrogens is 470 g/mol. The fourth-order valence-electron chi connectivity index (χ4n) is 4.21. The monoisotopic (exact) mass is 505 g/mol. The summed E-state index contributed by atoms with van der Waals surface area (Å²) in [6.07, 6.45) is 3.03. The summed E-state index contributed by atoms with van der Waals surface area (Å²) in [5, 5.41) is 12.0. The maximum absolute atomic E-state index is 13.9. The van der Waals surface area contributed by atoms with Crippen molar-refractivity contribution in [2.24, 2.45) is 0 Å². The lowest BCUT2D eigenvalue weighted by Crippen LogP contribution is -2.32. The average molecular weight is 506 g/mol. The van der Waals surface area contributed by atoms with Gasteiger partial charge in [-0.05, 0) is 56.9 Å². The Morgan fingerprint density at radius 1 is 1.11 bits per heavy atom. The molecule has 0 saturated heterocycles. The van der Waals surface area contributed by atoms with Crippen LogP contribution in [0.4, 0.5) is 11.6 Å². The number of rotatable bonds is 10. The maximum Gasteiger partial charge on any atom is 0.255 e. The predicted molar refractivity (Wildman–Crippen MR) is 147 cm³/mol. The molecule has 36 heavy (non-hydrogen) atoms. The van der Waals surface area contributed by atoms with Crippen molar-refractivity contribution in [3.05, 3.63) is 70.4 Å². The zero-order valence-electron chi connectivity index (χ0n) is 21.7. The van der Waals surface area contributed by atoms with E-state index in [0.29, 0.717) is 23.3 Å². The second-order valence-electron chi connectivity index (χ2n) is 9.02. The molecule has 0 aliphatic carbocycles. The number of hydrogen-bond donors (Lipinski definition) is 2. The van der Waals surface area contributed by atoms with Crippen molar-refractivity contribution in [3.8, 4) is 5.75 Å². The number of ether oxygens (including phenoxy) is 1. The van der Waals surface area contributed by atoms with Crippen molar-refractivity contribution < 1.29 is 9.53 Å². The van der Waals surface area contributed by atoms with Crippen LogP contribution in [0.15, 0.2) is 58.9 Å². The number of anilines is 2. The molecule has 4 rings (SSSR count). The quantitative estimate of drug-likeness (QED) is 0.242. The molecular formula is C28H35N5O2S. The van der Waals surface area contributed by atoms with E-state index in [-0.39, 0.29) is 5.91 Å². The van der Waals surface area contributed by atoms with Crippen LogP contribution >= 0.6 is 11.8 Å². The van der Waals surface area contributed by atoms with E-state index in [2.05, 4.69) is 24.5 Å². The van der Waals surface area contributed by atoms with Gasteiger partial charge in [0.05, 0.1) is 12.2 Å². The van der Waals surface area contributed by atoms with Gasteiger partial charge in [0, 0.05) is 22.7 Å². The topological polar surface area (TPSA) is 81.1 Å². The van der Waals surface area contributed by atoms with E-state index in [1.54, 1.807) is 11.8 Å². The Kier molecular flexibility index (Phi) is 8.36.